The maximum atomic E-state index is 15.0. The summed E-state index contributed by atoms with van der Waals surface area (Å²) in [7, 11) is 0. The van der Waals surface area contributed by atoms with Crippen LogP contribution in [0.3, 0.4) is 0 Å². The van der Waals surface area contributed by atoms with Crippen LogP contribution in [0.25, 0.3) is 11.1 Å². The van der Waals surface area contributed by atoms with E-state index in [1.807, 2.05) is 12.1 Å². The molecule has 172 valence electrons. The molecule has 2 heterocycles. The summed E-state index contributed by atoms with van der Waals surface area (Å²) in [6, 6.07) is 11.8. The van der Waals surface area contributed by atoms with E-state index >= 15 is 0 Å². The van der Waals surface area contributed by atoms with Gasteiger partial charge in [0, 0.05) is 29.1 Å². The molecule has 0 amide bonds. The Morgan fingerprint density at radius 1 is 0.939 bits per heavy atom. The highest BCUT2D eigenvalue weighted by atomic mass is 19.1. The van der Waals surface area contributed by atoms with Crippen LogP contribution in [0, 0.1) is 22.9 Å². The zero-order valence-corrected chi connectivity index (χ0v) is 19.0. The molecule has 0 saturated carbocycles. The van der Waals surface area contributed by atoms with E-state index in [2.05, 4.69) is 30.7 Å². The molecule has 0 radical (unpaired) electrons. The second-order valence-corrected chi connectivity index (χ2v) is 9.51. The van der Waals surface area contributed by atoms with Gasteiger partial charge in [0.15, 0.2) is 0 Å². The van der Waals surface area contributed by atoms with Gasteiger partial charge >= 0.3 is 0 Å². The van der Waals surface area contributed by atoms with E-state index in [1.54, 1.807) is 18.3 Å². The van der Waals surface area contributed by atoms with Crippen molar-refractivity contribution >= 4 is 5.71 Å². The normalized spacial score (nSPS) is 16.1. The van der Waals surface area contributed by atoms with Gasteiger partial charge in [-0.3, -0.25) is 4.99 Å². The van der Waals surface area contributed by atoms with Crippen LogP contribution >= 0.6 is 0 Å². The molecule has 1 aliphatic heterocycles. The SMILES string of the molecule is CC(C)(C)CCOc1ccc(-c2ccc([C@H]3CCC(c4c(F)cccc4F)=N3)c(F)c2)cn1. The van der Waals surface area contributed by atoms with Crippen molar-refractivity contribution in [1.82, 2.24) is 4.98 Å². The summed E-state index contributed by atoms with van der Waals surface area (Å²) in [5.74, 6) is -1.16. The van der Waals surface area contributed by atoms with Gasteiger partial charge in [0.25, 0.3) is 0 Å². The minimum atomic E-state index is -0.649. The Balaban J connectivity index is 1.48. The number of halogens is 3. The predicted octanol–water partition coefficient (Wildman–Crippen LogP) is 7.31. The summed E-state index contributed by atoms with van der Waals surface area (Å²) < 4.78 is 48.8. The van der Waals surface area contributed by atoms with Crippen LogP contribution in [-0.4, -0.2) is 17.3 Å². The number of aliphatic imine (C=N–C) groups is 1. The molecule has 3 aromatic rings. The lowest BCUT2D eigenvalue weighted by molar-refractivity contribution is 0.236. The molecule has 0 aliphatic carbocycles. The van der Waals surface area contributed by atoms with E-state index in [-0.39, 0.29) is 11.0 Å². The number of hydrogen-bond donors (Lipinski definition) is 0. The third-order valence-electron chi connectivity index (χ3n) is 5.75. The quantitative estimate of drug-likeness (QED) is 0.393. The Morgan fingerprint density at radius 2 is 1.67 bits per heavy atom. The maximum Gasteiger partial charge on any atom is 0.213 e. The largest absolute Gasteiger partial charge is 0.478 e. The Kier molecular flexibility index (Phi) is 6.54. The highest BCUT2D eigenvalue weighted by Gasteiger charge is 2.26. The molecular weight excluding hydrogens is 425 g/mol. The summed E-state index contributed by atoms with van der Waals surface area (Å²) in [4.78, 5) is 8.77. The smallest absolute Gasteiger partial charge is 0.213 e. The van der Waals surface area contributed by atoms with E-state index in [9.17, 15) is 13.2 Å². The number of rotatable bonds is 6. The standard InChI is InChI=1S/C27H27F3N2O/c1-27(2,3)13-14-33-25-12-8-18(16-31-25)17-7-9-19(22(30)15-17)23-10-11-24(32-23)26-20(28)5-4-6-21(26)29/h4-9,12,15-16,23H,10-11,13-14H2,1-3H3/t23-/m1/s1. The van der Waals surface area contributed by atoms with Crippen molar-refractivity contribution in [3.8, 4) is 17.0 Å². The molecule has 0 spiro atoms. The molecule has 0 saturated heterocycles. The van der Waals surface area contributed by atoms with Gasteiger partial charge in [0.1, 0.15) is 17.5 Å². The van der Waals surface area contributed by atoms with Crippen molar-refractivity contribution in [3.63, 3.8) is 0 Å². The second kappa shape index (κ2) is 9.38. The number of aromatic nitrogens is 1. The first-order valence-electron chi connectivity index (χ1n) is 11.1. The Morgan fingerprint density at radius 3 is 2.30 bits per heavy atom. The molecule has 1 aliphatic rings. The Labute approximate surface area is 192 Å². The highest BCUT2D eigenvalue weighted by molar-refractivity contribution is 6.02. The van der Waals surface area contributed by atoms with Crippen LogP contribution in [0.15, 0.2) is 59.7 Å². The number of benzene rings is 2. The fraction of sp³-hybridized carbons (Fsp3) is 0.333. The fourth-order valence-corrected chi connectivity index (χ4v) is 3.85. The van der Waals surface area contributed by atoms with Crippen LogP contribution < -0.4 is 4.74 Å². The average Bonchev–Trinajstić information content (AvgIpc) is 3.22. The summed E-state index contributed by atoms with van der Waals surface area (Å²) >= 11 is 0. The van der Waals surface area contributed by atoms with E-state index in [4.69, 9.17) is 4.74 Å². The lowest BCUT2D eigenvalue weighted by Gasteiger charge is -2.17. The number of pyridine rings is 1. The van der Waals surface area contributed by atoms with Gasteiger partial charge in [0.2, 0.25) is 5.88 Å². The number of nitrogens with zero attached hydrogens (tertiary/aromatic N) is 2. The first-order valence-corrected chi connectivity index (χ1v) is 11.1. The molecule has 2 aromatic carbocycles. The van der Waals surface area contributed by atoms with Crippen molar-refractivity contribution in [2.75, 3.05) is 6.61 Å². The minimum absolute atomic E-state index is 0.118. The monoisotopic (exact) mass is 452 g/mol. The fourth-order valence-electron chi connectivity index (χ4n) is 3.85. The summed E-state index contributed by atoms with van der Waals surface area (Å²) in [6.45, 7) is 7.04. The van der Waals surface area contributed by atoms with Crippen molar-refractivity contribution in [3.05, 3.63) is 83.3 Å². The van der Waals surface area contributed by atoms with Crippen LogP contribution in [0.2, 0.25) is 0 Å². The van der Waals surface area contributed by atoms with E-state index in [1.165, 1.54) is 24.3 Å². The van der Waals surface area contributed by atoms with Gasteiger partial charge < -0.3 is 4.74 Å². The van der Waals surface area contributed by atoms with Crippen LogP contribution in [0.1, 0.15) is 57.2 Å². The lowest BCUT2D eigenvalue weighted by atomic mass is 9.93. The van der Waals surface area contributed by atoms with Crippen LogP contribution in [0.4, 0.5) is 13.2 Å². The third kappa shape index (κ3) is 5.44. The van der Waals surface area contributed by atoms with Crippen LogP contribution in [-0.2, 0) is 0 Å². The van der Waals surface area contributed by atoms with Gasteiger partial charge in [0.05, 0.1) is 18.2 Å². The predicted molar refractivity (Wildman–Crippen MR) is 124 cm³/mol. The molecule has 3 nitrogen and oxygen atoms in total. The third-order valence-corrected chi connectivity index (χ3v) is 5.75. The minimum Gasteiger partial charge on any atom is -0.478 e. The first kappa shape index (κ1) is 23.0. The van der Waals surface area contributed by atoms with Crippen molar-refractivity contribution in [2.45, 2.75) is 46.1 Å². The van der Waals surface area contributed by atoms with Crippen LogP contribution in [0.5, 0.6) is 5.88 Å². The first-order chi connectivity index (χ1) is 15.7. The van der Waals surface area contributed by atoms with Gasteiger partial charge in [-0.2, -0.15) is 0 Å². The van der Waals surface area contributed by atoms with Crippen molar-refractivity contribution in [1.29, 1.82) is 0 Å². The van der Waals surface area contributed by atoms with Crippen molar-refractivity contribution in [2.24, 2.45) is 10.4 Å². The van der Waals surface area contributed by atoms with Gasteiger partial charge in [-0.1, -0.05) is 39.0 Å². The molecule has 1 atom stereocenters. The number of ether oxygens (including phenoxy) is 1. The van der Waals surface area contributed by atoms with Gasteiger partial charge in [-0.05, 0) is 54.5 Å². The van der Waals surface area contributed by atoms with Gasteiger partial charge in [-0.15, -0.1) is 0 Å². The summed E-state index contributed by atoms with van der Waals surface area (Å²) in [5, 5.41) is 0. The molecule has 33 heavy (non-hydrogen) atoms. The summed E-state index contributed by atoms with van der Waals surface area (Å²) in [6.07, 6.45) is 3.47. The van der Waals surface area contributed by atoms with E-state index in [0.717, 1.165) is 12.0 Å². The maximum absolute atomic E-state index is 15.0. The number of hydrogen-bond acceptors (Lipinski definition) is 3. The Hall–Kier alpha value is -3.15. The van der Waals surface area contributed by atoms with Gasteiger partial charge in [-0.25, -0.2) is 18.2 Å². The topological polar surface area (TPSA) is 34.5 Å². The highest BCUT2D eigenvalue weighted by Crippen LogP contribution is 2.35. The second-order valence-electron chi connectivity index (χ2n) is 9.51. The molecule has 0 fully saturated rings. The molecule has 0 bridgehead atoms. The molecule has 6 heteroatoms. The molecule has 0 unspecified atom stereocenters. The zero-order valence-electron chi connectivity index (χ0n) is 19.0. The van der Waals surface area contributed by atoms with Crippen molar-refractivity contribution < 1.29 is 17.9 Å². The average molecular weight is 453 g/mol. The molecule has 1 aromatic heterocycles. The van der Waals surface area contributed by atoms with E-state index < -0.39 is 23.5 Å². The van der Waals surface area contributed by atoms with E-state index in [0.29, 0.717) is 42.2 Å². The molecule has 4 rings (SSSR count). The summed E-state index contributed by atoms with van der Waals surface area (Å²) in [5.41, 5.74) is 2.28. The molecular formula is C27H27F3N2O. The molecule has 0 N–H and O–H groups in total. The zero-order chi connectivity index (χ0) is 23.6. The lowest BCUT2D eigenvalue weighted by Crippen LogP contribution is -2.11. The Bertz CT molecular complexity index is 1150.